The standard InChI is InChI=1S/C9H8NS/c1-2-7-11(6-1)9-4-3-5-10-8-9/h1-2,4-8,11H. The van der Waals surface area contributed by atoms with Crippen LogP contribution in [-0.2, 0) is 0 Å². The molecule has 0 fully saturated rings. The fourth-order valence-electron chi connectivity index (χ4n) is 0.964. The van der Waals surface area contributed by atoms with Gasteiger partial charge in [0.15, 0.2) is 0 Å². The number of rotatable bonds is 1. The molecule has 0 atom stereocenters. The minimum absolute atomic E-state index is 0.195. The topological polar surface area (TPSA) is 12.9 Å². The van der Waals surface area contributed by atoms with Gasteiger partial charge in [-0.05, 0) is 16.9 Å². The third kappa shape index (κ3) is 1.35. The van der Waals surface area contributed by atoms with E-state index in [4.69, 9.17) is 0 Å². The molecule has 2 heteroatoms. The molecule has 0 saturated heterocycles. The molecular weight excluding hydrogens is 154 g/mol. The molecule has 2 rings (SSSR count). The van der Waals surface area contributed by atoms with Gasteiger partial charge in [0, 0.05) is 23.4 Å². The maximum Gasteiger partial charge on any atom is 0.0393 e. The van der Waals surface area contributed by atoms with Gasteiger partial charge in [0.25, 0.3) is 0 Å². The van der Waals surface area contributed by atoms with Gasteiger partial charge in [0.2, 0.25) is 0 Å². The number of pyridine rings is 1. The predicted octanol–water partition coefficient (Wildman–Crippen LogP) is 2.28. The summed E-state index contributed by atoms with van der Waals surface area (Å²) in [6, 6.07) is 4.97. The average Bonchev–Trinajstić information content (AvgIpc) is 2.58. The Morgan fingerprint density at radius 3 is 2.73 bits per heavy atom. The number of thiol groups is 1. The number of nitrogens with zero attached hydrogens (tertiary/aromatic N) is 1. The maximum absolute atomic E-state index is 4.02. The molecule has 1 aromatic rings. The van der Waals surface area contributed by atoms with E-state index < -0.39 is 0 Å². The lowest BCUT2D eigenvalue weighted by molar-refractivity contribution is 1.23. The number of hydrogen-bond donors (Lipinski definition) is 1. The predicted molar refractivity (Wildman–Crippen MR) is 48.6 cm³/mol. The molecule has 55 valence electrons. The van der Waals surface area contributed by atoms with Crippen LogP contribution in [0.2, 0.25) is 0 Å². The smallest absolute Gasteiger partial charge is 0.0393 e. The summed E-state index contributed by atoms with van der Waals surface area (Å²) in [4.78, 5) is 5.29. The van der Waals surface area contributed by atoms with E-state index >= 15 is 0 Å². The van der Waals surface area contributed by atoms with Crippen LogP contribution in [0.3, 0.4) is 0 Å². The van der Waals surface area contributed by atoms with E-state index in [0.29, 0.717) is 0 Å². The van der Waals surface area contributed by atoms with Crippen molar-refractivity contribution in [2.45, 2.75) is 4.90 Å². The normalized spacial score (nSPS) is 17.6. The molecule has 1 aliphatic rings. The zero-order valence-electron chi connectivity index (χ0n) is 5.94. The first-order valence-electron chi connectivity index (χ1n) is 3.41. The van der Waals surface area contributed by atoms with E-state index in [2.05, 4.69) is 34.0 Å². The van der Waals surface area contributed by atoms with E-state index in [9.17, 15) is 0 Å². The highest BCUT2D eigenvalue weighted by Crippen LogP contribution is 2.40. The van der Waals surface area contributed by atoms with Crippen molar-refractivity contribution in [3.63, 3.8) is 0 Å². The van der Waals surface area contributed by atoms with Crippen LogP contribution in [0.25, 0.3) is 0 Å². The second-order valence-electron chi connectivity index (χ2n) is 2.23. The molecule has 0 N–H and O–H groups in total. The summed E-state index contributed by atoms with van der Waals surface area (Å²) in [6.45, 7) is 0. The zero-order valence-corrected chi connectivity index (χ0v) is 6.83. The van der Waals surface area contributed by atoms with Gasteiger partial charge in [-0.15, -0.1) is 0 Å². The molecule has 0 amide bonds. The van der Waals surface area contributed by atoms with Crippen molar-refractivity contribution in [1.82, 2.24) is 4.98 Å². The Morgan fingerprint density at radius 2 is 2.09 bits per heavy atom. The highest BCUT2D eigenvalue weighted by molar-refractivity contribution is 8.22. The van der Waals surface area contributed by atoms with Gasteiger partial charge in [-0.3, -0.25) is 4.98 Å². The van der Waals surface area contributed by atoms with E-state index in [1.807, 2.05) is 12.3 Å². The molecule has 0 spiro atoms. The first kappa shape index (κ1) is 6.68. The van der Waals surface area contributed by atoms with Crippen LogP contribution in [0, 0.1) is 6.07 Å². The van der Waals surface area contributed by atoms with Gasteiger partial charge < -0.3 is 0 Å². The molecule has 1 aromatic heterocycles. The van der Waals surface area contributed by atoms with Crippen molar-refractivity contribution >= 4 is 10.9 Å². The number of hydrogen-bond acceptors (Lipinski definition) is 1. The van der Waals surface area contributed by atoms with Gasteiger partial charge in [-0.1, -0.05) is 12.2 Å². The summed E-state index contributed by atoms with van der Waals surface area (Å²) in [5.74, 6) is 0. The molecule has 0 bridgehead atoms. The van der Waals surface area contributed by atoms with Gasteiger partial charge >= 0.3 is 0 Å². The van der Waals surface area contributed by atoms with E-state index in [1.165, 1.54) is 4.90 Å². The minimum atomic E-state index is -0.195. The minimum Gasteiger partial charge on any atom is -0.263 e. The molecule has 1 radical (unpaired) electrons. The Balaban J connectivity index is 2.30. The van der Waals surface area contributed by atoms with Crippen LogP contribution in [0.4, 0.5) is 0 Å². The molecule has 1 nitrogen and oxygen atoms in total. The first-order valence-corrected chi connectivity index (χ1v) is 4.89. The second kappa shape index (κ2) is 2.93. The summed E-state index contributed by atoms with van der Waals surface area (Å²) >= 11 is 0. The average molecular weight is 162 g/mol. The molecule has 1 aliphatic heterocycles. The lowest BCUT2D eigenvalue weighted by Crippen LogP contribution is -1.75. The van der Waals surface area contributed by atoms with Crippen molar-refractivity contribution in [2.75, 3.05) is 0 Å². The van der Waals surface area contributed by atoms with E-state index in [0.717, 1.165) is 0 Å². The SMILES string of the molecule is [c]1cncc([SH]2C=CC=C2)c1. The van der Waals surface area contributed by atoms with Crippen LogP contribution in [0.5, 0.6) is 0 Å². The van der Waals surface area contributed by atoms with Crippen molar-refractivity contribution in [1.29, 1.82) is 0 Å². The quantitative estimate of drug-likeness (QED) is 0.625. The van der Waals surface area contributed by atoms with E-state index in [-0.39, 0.29) is 10.9 Å². The van der Waals surface area contributed by atoms with Crippen LogP contribution < -0.4 is 0 Å². The first-order chi connectivity index (χ1) is 5.47. The Hall–Kier alpha value is -1.02. The second-order valence-corrected chi connectivity index (χ2v) is 4.16. The largest absolute Gasteiger partial charge is 0.263 e. The highest BCUT2D eigenvalue weighted by Gasteiger charge is 2.00. The Bertz CT molecular complexity index is 278. The van der Waals surface area contributed by atoms with Gasteiger partial charge in [-0.25, -0.2) is 0 Å². The summed E-state index contributed by atoms with van der Waals surface area (Å²) in [5, 5.41) is 4.42. The number of aromatic nitrogens is 1. The summed E-state index contributed by atoms with van der Waals surface area (Å²) in [6.07, 6.45) is 7.75. The molecule has 0 aromatic carbocycles. The third-order valence-electron chi connectivity index (χ3n) is 1.49. The van der Waals surface area contributed by atoms with Crippen LogP contribution in [-0.4, -0.2) is 4.98 Å². The molecule has 0 saturated carbocycles. The van der Waals surface area contributed by atoms with Crippen LogP contribution >= 0.6 is 10.9 Å². The fraction of sp³-hybridized carbons (Fsp3) is 0. The molecule has 11 heavy (non-hydrogen) atoms. The monoisotopic (exact) mass is 162 g/mol. The Morgan fingerprint density at radius 1 is 1.27 bits per heavy atom. The summed E-state index contributed by atoms with van der Waals surface area (Å²) in [5.41, 5.74) is 0. The van der Waals surface area contributed by atoms with Crippen LogP contribution in [0.15, 0.2) is 46.3 Å². The summed E-state index contributed by atoms with van der Waals surface area (Å²) < 4.78 is 0. The van der Waals surface area contributed by atoms with Crippen molar-refractivity contribution < 1.29 is 0 Å². The Kier molecular flexibility index (Phi) is 1.78. The van der Waals surface area contributed by atoms with E-state index in [1.54, 1.807) is 6.20 Å². The fourth-order valence-corrected chi connectivity index (χ4v) is 2.40. The number of allylic oxidation sites excluding steroid dienone is 2. The van der Waals surface area contributed by atoms with Crippen molar-refractivity contribution in [2.24, 2.45) is 0 Å². The maximum atomic E-state index is 4.02. The molecular formula is C9H8NS. The molecule has 0 unspecified atom stereocenters. The zero-order chi connectivity index (χ0) is 7.52. The highest BCUT2D eigenvalue weighted by atomic mass is 32.2. The third-order valence-corrected chi connectivity index (χ3v) is 3.32. The molecule has 2 heterocycles. The van der Waals surface area contributed by atoms with Gasteiger partial charge in [-0.2, -0.15) is 10.9 Å². The van der Waals surface area contributed by atoms with Crippen molar-refractivity contribution in [3.8, 4) is 0 Å². The summed E-state index contributed by atoms with van der Waals surface area (Å²) in [7, 11) is -0.195. The molecule has 0 aliphatic carbocycles. The lowest BCUT2D eigenvalue weighted by Gasteiger charge is -2.07. The van der Waals surface area contributed by atoms with Gasteiger partial charge in [0.05, 0.1) is 0 Å². The van der Waals surface area contributed by atoms with Crippen molar-refractivity contribution in [3.05, 3.63) is 47.5 Å². The lowest BCUT2D eigenvalue weighted by atomic mass is 10.5. The van der Waals surface area contributed by atoms with Gasteiger partial charge in [0.1, 0.15) is 0 Å². The Labute approximate surface area is 68.8 Å². The van der Waals surface area contributed by atoms with Crippen LogP contribution in [0.1, 0.15) is 0 Å².